The molecule has 8 nitrogen and oxygen atoms in total. The van der Waals surface area contributed by atoms with Crippen LogP contribution >= 0.6 is 0 Å². The maximum atomic E-state index is 14.0. The van der Waals surface area contributed by atoms with Gasteiger partial charge in [-0.1, -0.05) is 6.07 Å². The molecule has 0 atom stereocenters. The van der Waals surface area contributed by atoms with Crippen LogP contribution < -0.4 is 4.72 Å². The molecular weight excluding hydrogens is 361 g/mol. The van der Waals surface area contributed by atoms with Crippen LogP contribution in [0.4, 0.5) is 4.39 Å². The second-order valence-electron chi connectivity index (χ2n) is 5.84. The number of hydrogen-bond donors (Lipinski definition) is 1. The number of rotatable bonds is 4. The fourth-order valence-corrected chi connectivity index (χ4v) is 3.49. The lowest BCUT2D eigenvalue weighted by Crippen LogP contribution is -2.31. The molecule has 0 saturated heterocycles. The first-order chi connectivity index (χ1) is 12.2. The Bertz CT molecular complexity index is 1100. The summed E-state index contributed by atoms with van der Waals surface area (Å²) in [5, 5.41) is 8.19. The molecule has 0 aliphatic carbocycles. The van der Waals surface area contributed by atoms with Gasteiger partial charge in [-0.2, -0.15) is 10.2 Å². The van der Waals surface area contributed by atoms with Crippen LogP contribution in [0.1, 0.15) is 15.9 Å². The molecule has 0 saturated carbocycles. The van der Waals surface area contributed by atoms with Gasteiger partial charge in [0.1, 0.15) is 16.4 Å². The molecule has 136 valence electrons. The predicted molar refractivity (Wildman–Crippen MR) is 91.2 cm³/mol. The first-order valence-corrected chi connectivity index (χ1v) is 9.01. The van der Waals surface area contributed by atoms with Gasteiger partial charge in [-0.15, -0.1) is 0 Å². The Balaban J connectivity index is 1.96. The Morgan fingerprint density at radius 1 is 1.19 bits per heavy atom. The van der Waals surface area contributed by atoms with Crippen LogP contribution in [-0.2, 0) is 24.1 Å². The van der Waals surface area contributed by atoms with Crippen molar-refractivity contribution in [3.63, 3.8) is 0 Å². The molecule has 1 amide bonds. The average Bonchev–Trinajstić information content (AvgIpc) is 3.12. The number of aromatic nitrogens is 4. The van der Waals surface area contributed by atoms with Crippen molar-refractivity contribution in [1.29, 1.82) is 0 Å². The molecule has 10 heteroatoms. The standard InChI is InChI=1S/C16H16FN5O3S/c1-10-4-5-14(13(17)6-10)26(24,25)20-16(23)12-9-22(3)19-15(12)11-7-18-21(2)8-11/h4-9H,1-3H3,(H,20,23). The van der Waals surface area contributed by atoms with E-state index in [1.807, 2.05) is 4.72 Å². The van der Waals surface area contributed by atoms with Crippen molar-refractivity contribution in [2.75, 3.05) is 0 Å². The minimum absolute atomic E-state index is 0.0385. The minimum Gasteiger partial charge on any atom is -0.275 e. The van der Waals surface area contributed by atoms with Crippen LogP contribution in [0, 0.1) is 12.7 Å². The number of nitrogens with zero attached hydrogens (tertiary/aromatic N) is 4. The van der Waals surface area contributed by atoms with E-state index in [0.717, 1.165) is 12.1 Å². The lowest BCUT2D eigenvalue weighted by Gasteiger charge is -2.08. The number of benzene rings is 1. The Morgan fingerprint density at radius 3 is 2.54 bits per heavy atom. The van der Waals surface area contributed by atoms with Crippen LogP contribution in [0.25, 0.3) is 11.3 Å². The van der Waals surface area contributed by atoms with E-state index in [0.29, 0.717) is 11.1 Å². The largest absolute Gasteiger partial charge is 0.275 e. The van der Waals surface area contributed by atoms with Gasteiger partial charge in [0.05, 0.1) is 11.8 Å². The molecule has 1 aromatic carbocycles. The zero-order valence-electron chi connectivity index (χ0n) is 14.3. The Labute approximate surface area is 149 Å². The van der Waals surface area contributed by atoms with E-state index < -0.39 is 26.6 Å². The summed E-state index contributed by atoms with van der Waals surface area (Å²) in [7, 11) is -1.06. The van der Waals surface area contributed by atoms with Gasteiger partial charge in [0, 0.05) is 32.1 Å². The number of halogens is 1. The van der Waals surface area contributed by atoms with Crippen molar-refractivity contribution in [2.45, 2.75) is 11.8 Å². The number of amides is 1. The van der Waals surface area contributed by atoms with Gasteiger partial charge in [0.25, 0.3) is 15.9 Å². The second kappa shape index (κ2) is 6.37. The van der Waals surface area contributed by atoms with Gasteiger partial charge in [0.15, 0.2) is 0 Å². The van der Waals surface area contributed by atoms with Crippen LogP contribution in [-0.4, -0.2) is 33.9 Å². The molecule has 26 heavy (non-hydrogen) atoms. The van der Waals surface area contributed by atoms with E-state index in [1.165, 1.54) is 27.8 Å². The topological polar surface area (TPSA) is 98.9 Å². The smallest absolute Gasteiger partial charge is 0.268 e. The summed E-state index contributed by atoms with van der Waals surface area (Å²) in [5.74, 6) is -1.83. The first-order valence-electron chi connectivity index (χ1n) is 7.53. The monoisotopic (exact) mass is 377 g/mol. The van der Waals surface area contributed by atoms with E-state index in [1.54, 1.807) is 27.2 Å². The Hall–Kier alpha value is -3.01. The molecule has 0 aliphatic heterocycles. The van der Waals surface area contributed by atoms with Crippen molar-refractivity contribution in [3.8, 4) is 11.3 Å². The van der Waals surface area contributed by atoms with E-state index in [9.17, 15) is 17.6 Å². The number of carbonyl (C=O) groups excluding carboxylic acids is 1. The summed E-state index contributed by atoms with van der Waals surface area (Å²) in [5.41, 5.74) is 1.44. The molecule has 0 radical (unpaired) electrons. The van der Waals surface area contributed by atoms with Gasteiger partial charge in [0.2, 0.25) is 0 Å². The molecule has 3 aromatic rings. The molecule has 3 rings (SSSR count). The predicted octanol–water partition coefficient (Wildman–Crippen LogP) is 1.39. The summed E-state index contributed by atoms with van der Waals surface area (Å²) in [4.78, 5) is 11.9. The molecule has 2 heterocycles. The third kappa shape index (κ3) is 3.36. The van der Waals surface area contributed by atoms with Crippen LogP contribution in [0.5, 0.6) is 0 Å². The molecule has 0 unspecified atom stereocenters. The average molecular weight is 377 g/mol. The Morgan fingerprint density at radius 2 is 1.92 bits per heavy atom. The zero-order chi connectivity index (χ0) is 19.1. The summed E-state index contributed by atoms with van der Waals surface area (Å²) in [6, 6.07) is 3.66. The Kier molecular flexibility index (Phi) is 4.36. The van der Waals surface area contributed by atoms with E-state index in [-0.39, 0.29) is 11.3 Å². The molecule has 0 spiro atoms. The number of aryl methyl sites for hydroxylation is 3. The number of hydrogen-bond acceptors (Lipinski definition) is 5. The van der Waals surface area contributed by atoms with Crippen molar-refractivity contribution in [2.24, 2.45) is 14.1 Å². The summed E-state index contributed by atoms with van der Waals surface area (Å²) in [6.45, 7) is 1.63. The number of carbonyl (C=O) groups is 1. The highest BCUT2D eigenvalue weighted by molar-refractivity contribution is 7.90. The van der Waals surface area contributed by atoms with E-state index in [2.05, 4.69) is 10.2 Å². The van der Waals surface area contributed by atoms with Crippen LogP contribution in [0.15, 0.2) is 41.7 Å². The normalized spacial score (nSPS) is 11.5. The molecule has 1 N–H and O–H groups in total. The van der Waals surface area contributed by atoms with E-state index in [4.69, 9.17) is 0 Å². The van der Waals surface area contributed by atoms with Gasteiger partial charge < -0.3 is 0 Å². The highest BCUT2D eigenvalue weighted by atomic mass is 32.2. The van der Waals surface area contributed by atoms with Gasteiger partial charge in [-0.05, 0) is 24.6 Å². The van der Waals surface area contributed by atoms with Crippen LogP contribution in [0.3, 0.4) is 0 Å². The number of sulfonamides is 1. The van der Waals surface area contributed by atoms with Crippen molar-refractivity contribution < 1.29 is 17.6 Å². The van der Waals surface area contributed by atoms with Crippen molar-refractivity contribution >= 4 is 15.9 Å². The maximum absolute atomic E-state index is 14.0. The van der Waals surface area contributed by atoms with Gasteiger partial charge >= 0.3 is 0 Å². The van der Waals surface area contributed by atoms with Gasteiger partial charge in [-0.3, -0.25) is 14.2 Å². The highest BCUT2D eigenvalue weighted by Gasteiger charge is 2.26. The molecular formula is C16H16FN5O3S. The summed E-state index contributed by atoms with van der Waals surface area (Å²) < 4.78 is 43.6. The molecule has 0 aliphatic rings. The lowest BCUT2D eigenvalue weighted by atomic mass is 10.1. The molecule has 2 aromatic heterocycles. The van der Waals surface area contributed by atoms with Crippen molar-refractivity contribution in [1.82, 2.24) is 24.3 Å². The van der Waals surface area contributed by atoms with Gasteiger partial charge in [-0.25, -0.2) is 17.5 Å². The first kappa shape index (κ1) is 17.8. The molecule has 0 fully saturated rings. The maximum Gasteiger partial charge on any atom is 0.268 e. The summed E-state index contributed by atoms with van der Waals surface area (Å²) in [6.07, 6.45) is 4.54. The zero-order valence-corrected chi connectivity index (χ0v) is 15.1. The minimum atomic E-state index is -4.37. The summed E-state index contributed by atoms with van der Waals surface area (Å²) >= 11 is 0. The SMILES string of the molecule is Cc1ccc(S(=O)(=O)NC(=O)c2cn(C)nc2-c2cnn(C)c2)c(F)c1. The molecule has 0 bridgehead atoms. The number of nitrogens with one attached hydrogen (secondary N) is 1. The third-order valence-electron chi connectivity index (χ3n) is 3.66. The third-order valence-corrected chi connectivity index (χ3v) is 5.02. The quantitative estimate of drug-likeness (QED) is 0.741. The van der Waals surface area contributed by atoms with E-state index >= 15 is 0 Å². The fraction of sp³-hybridized carbons (Fsp3) is 0.188. The fourth-order valence-electron chi connectivity index (χ4n) is 2.47. The lowest BCUT2D eigenvalue weighted by molar-refractivity contribution is 0.0982. The highest BCUT2D eigenvalue weighted by Crippen LogP contribution is 2.22. The van der Waals surface area contributed by atoms with Crippen LogP contribution in [0.2, 0.25) is 0 Å². The second-order valence-corrected chi connectivity index (χ2v) is 7.49. The van der Waals surface area contributed by atoms with Crippen molar-refractivity contribution in [3.05, 3.63) is 53.7 Å².